The van der Waals surface area contributed by atoms with Gasteiger partial charge in [0.1, 0.15) is 11.9 Å². The second kappa shape index (κ2) is 11.4. The van der Waals surface area contributed by atoms with E-state index in [4.69, 9.17) is 23.9 Å². The first kappa shape index (κ1) is 26.1. The summed E-state index contributed by atoms with van der Waals surface area (Å²) in [6.45, 7) is 3.87. The average molecular weight is 515 g/mol. The van der Waals surface area contributed by atoms with Crippen LogP contribution in [-0.4, -0.2) is 76.9 Å². The highest BCUT2D eigenvalue weighted by molar-refractivity contribution is 6.08. The fourth-order valence-electron chi connectivity index (χ4n) is 4.61. The molecule has 1 fully saturated rings. The van der Waals surface area contributed by atoms with Gasteiger partial charge in [-0.2, -0.15) is 0 Å². The number of aliphatic imine (C=N–C) groups is 1. The zero-order valence-electron chi connectivity index (χ0n) is 21.3. The molecule has 0 aromatic heterocycles. The van der Waals surface area contributed by atoms with Crippen LogP contribution >= 0.6 is 0 Å². The van der Waals surface area contributed by atoms with Crippen LogP contribution in [0.3, 0.4) is 0 Å². The van der Waals surface area contributed by atoms with Gasteiger partial charge in [0.2, 0.25) is 17.6 Å². The molecule has 10 nitrogen and oxygen atoms in total. The van der Waals surface area contributed by atoms with Crippen molar-refractivity contribution in [2.24, 2.45) is 10.9 Å². The number of para-hydroxylation sites is 1. The van der Waals surface area contributed by atoms with Gasteiger partial charge in [0.05, 0.1) is 33.6 Å². The van der Waals surface area contributed by atoms with Gasteiger partial charge in [-0.15, -0.1) is 0 Å². The molecule has 1 saturated heterocycles. The SMILES string of the molecule is CCOC(=O)[C@@H]1C(=O)NC(N2CCN(c3ccccc3F)CC2)=N[C@@H]1c1cc(OC)c(OC)c(OC)c1. The summed E-state index contributed by atoms with van der Waals surface area (Å²) in [5.41, 5.74) is 1.07. The van der Waals surface area contributed by atoms with E-state index < -0.39 is 23.8 Å². The molecule has 2 aromatic rings. The van der Waals surface area contributed by atoms with E-state index in [-0.39, 0.29) is 12.4 Å². The van der Waals surface area contributed by atoms with Crippen LogP contribution < -0.4 is 24.4 Å². The van der Waals surface area contributed by atoms with Crippen molar-refractivity contribution in [3.63, 3.8) is 0 Å². The normalized spacial score (nSPS) is 19.6. The number of hydrogen-bond donors (Lipinski definition) is 1. The van der Waals surface area contributed by atoms with Gasteiger partial charge in [0, 0.05) is 26.2 Å². The maximum Gasteiger partial charge on any atom is 0.321 e. The molecule has 4 rings (SSSR count). The van der Waals surface area contributed by atoms with Crippen LogP contribution in [0.4, 0.5) is 10.1 Å². The molecule has 2 aromatic carbocycles. The van der Waals surface area contributed by atoms with Crippen molar-refractivity contribution in [3.8, 4) is 17.2 Å². The predicted octanol–water partition coefficient (Wildman–Crippen LogP) is 2.38. The van der Waals surface area contributed by atoms with Gasteiger partial charge in [-0.3, -0.25) is 14.9 Å². The van der Waals surface area contributed by atoms with Crippen LogP contribution in [0.2, 0.25) is 0 Å². The van der Waals surface area contributed by atoms with Crippen LogP contribution in [-0.2, 0) is 14.3 Å². The summed E-state index contributed by atoms with van der Waals surface area (Å²) in [6, 6.07) is 9.10. The topological polar surface area (TPSA) is 102 Å². The molecule has 11 heteroatoms. The highest BCUT2D eigenvalue weighted by Gasteiger charge is 2.43. The molecule has 2 atom stereocenters. The standard InChI is InChI=1S/C26H31FN4O6/c1-5-37-25(33)21-22(16-14-19(34-2)23(36-4)20(15-16)35-3)28-26(29-24(21)32)31-12-10-30(11-13-31)18-9-7-6-8-17(18)27/h6-9,14-15,21-22H,5,10-13H2,1-4H3,(H,28,29,32)/t21-,22+/m0/s1. The molecule has 0 unspecified atom stereocenters. The number of anilines is 1. The Hall–Kier alpha value is -4.02. The van der Waals surface area contributed by atoms with E-state index in [1.54, 1.807) is 37.3 Å². The largest absolute Gasteiger partial charge is 0.493 e. The summed E-state index contributed by atoms with van der Waals surface area (Å²) in [6.07, 6.45) is 0. The summed E-state index contributed by atoms with van der Waals surface area (Å²) in [7, 11) is 4.47. The molecule has 0 bridgehead atoms. The smallest absolute Gasteiger partial charge is 0.321 e. The first-order chi connectivity index (χ1) is 17.9. The molecule has 198 valence electrons. The monoisotopic (exact) mass is 514 g/mol. The highest BCUT2D eigenvalue weighted by atomic mass is 19.1. The number of amides is 1. The number of benzene rings is 2. The Morgan fingerprint density at radius 2 is 1.65 bits per heavy atom. The Morgan fingerprint density at radius 3 is 2.22 bits per heavy atom. The molecule has 1 N–H and O–H groups in total. The van der Waals surface area contributed by atoms with E-state index in [1.807, 2.05) is 9.80 Å². The Labute approximate surface area is 214 Å². The highest BCUT2D eigenvalue weighted by Crippen LogP contribution is 2.42. The van der Waals surface area contributed by atoms with E-state index in [1.165, 1.54) is 27.4 Å². The lowest BCUT2D eigenvalue weighted by atomic mass is 9.90. The lowest BCUT2D eigenvalue weighted by Crippen LogP contribution is -2.57. The third-order valence-electron chi connectivity index (χ3n) is 6.44. The van der Waals surface area contributed by atoms with Crippen LogP contribution in [0.5, 0.6) is 17.2 Å². The molecule has 0 spiro atoms. The fourth-order valence-corrected chi connectivity index (χ4v) is 4.61. The average Bonchev–Trinajstić information content (AvgIpc) is 2.92. The first-order valence-corrected chi connectivity index (χ1v) is 12.0. The number of carbonyl (C=O) groups is 2. The number of esters is 1. The summed E-state index contributed by atoms with van der Waals surface area (Å²) in [5.74, 6) is -1.19. The van der Waals surface area contributed by atoms with E-state index in [9.17, 15) is 14.0 Å². The quantitative estimate of drug-likeness (QED) is 0.444. The van der Waals surface area contributed by atoms with Crippen LogP contribution in [0.15, 0.2) is 41.4 Å². The van der Waals surface area contributed by atoms with Crippen molar-refractivity contribution >= 4 is 23.5 Å². The van der Waals surface area contributed by atoms with Crippen LogP contribution in [0.1, 0.15) is 18.5 Å². The zero-order valence-corrected chi connectivity index (χ0v) is 21.3. The number of methoxy groups -OCH3 is 3. The Kier molecular flexibility index (Phi) is 8.00. The molecule has 2 aliphatic heterocycles. The number of nitrogens with one attached hydrogen (secondary N) is 1. The van der Waals surface area contributed by atoms with E-state index in [2.05, 4.69) is 5.32 Å². The van der Waals surface area contributed by atoms with Gasteiger partial charge in [0.25, 0.3) is 0 Å². The van der Waals surface area contributed by atoms with E-state index >= 15 is 0 Å². The second-order valence-corrected chi connectivity index (χ2v) is 8.50. The van der Waals surface area contributed by atoms with Gasteiger partial charge in [-0.1, -0.05) is 12.1 Å². The molecule has 2 heterocycles. The number of carbonyl (C=O) groups excluding carboxylic acids is 2. The van der Waals surface area contributed by atoms with Gasteiger partial charge >= 0.3 is 5.97 Å². The van der Waals surface area contributed by atoms with Crippen LogP contribution in [0.25, 0.3) is 0 Å². The van der Waals surface area contributed by atoms with Gasteiger partial charge in [-0.05, 0) is 36.8 Å². The number of rotatable bonds is 7. The minimum absolute atomic E-state index is 0.124. The molecular weight excluding hydrogens is 483 g/mol. The van der Waals surface area contributed by atoms with E-state index in [0.717, 1.165) is 0 Å². The molecule has 2 aliphatic rings. The maximum atomic E-state index is 14.3. The predicted molar refractivity (Wildman–Crippen MR) is 135 cm³/mol. The molecule has 0 saturated carbocycles. The number of halogens is 1. The first-order valence-electron chi connectivity index (χ1n) is 12.0. The van der Waals surface area contributed by atoms with Crippen molar-refractivity contribution in [2.45, 2.75) is 13.0 Å². The lowest BCUT2D eigenvalue weighted by molar-refractivity contribution is -0.153. The minimum Gasteiger partial charge on any atom is -0.493 e. The number of ether oxygens (including phenoxy) is 4. The summed E-state index contributed by atoms with van der Waals surface area (Å²) >= 11 is 0. The van der Waals surface area contributed by atoms with Gasteiger partial charge < -0.3 is 28.7 Å². The van der Waals surface area contributed by atoms with Crippen molar-refractivity contribution in [1.82, 2.24) is 10.2 Å². The number of hydrogen-bond acceptors (Lipinski definition) is 9. The Bertz CT molecular complexity index is 1160. The molecule has 1 amide bonds. The molecule has 0 radical (unpaired) electrons. The van der Waals surface area contributed by atoms with Gasteiger partial charge in [-0.25, -0.2) is 9.38 Å². The number of guanidine groups is 1. The number of nitrogens with zero attached hydrogens (tertiary/aromatic N) is 3. The molecular formula is C26H31FN4O6. The van der Waals surface area contributed by atoms with Crippen molar-refractivity contribution in [3.05, 3.63) is 47.8 Å². The Balaban J connectivity index is 1.67. The van der Waals surface area contributed by atoms with Gasteiger partial charge in [0.15, 0.2) is 17.4 Å². The van der Waals surface area contributed by atoms with Crippen molar-refractivity contribution in [2.75, 3.05) is 59.0 Å². The summed E-state index contributed by atoms with van der Waals surface area (Å²) in [4.78, 5) is 34.8. The number of piperazine rings is 1. The Morgan fingerprint density at radius 1 is 1.03 bits per heavy atom. The minimum atomic E-state index is -1.20. The van der Waals surface area contributed by atoms with E-state index in [0.29, 0.717) is 60.6 Å². The van der Waals surface area contributed by atoms with Crippen molar-refractivity contribution < 1.29 is 32.9 Å². The summed E-state index contributed by atoms with van der Waals surface area (Å²) in [5, 5.41) is 2.78. The fraction of sp³-hybridized carbons (Fsp3) is 0.423. The molecule has 0 aliphatic carbocycles. The third-order valence-corrected chi connectivity index (χ3v) is 6.44. The maximum absolute atomic E-state index is 14.3. The third kappa shape index (κ3) is 5.25. The molecule has 37 heavy (non-hydrogen) atoms. The second-order valence-electron chi connectivity index (χ2n) is 8.50. The van der Waals surface area contributed by atoms with Crippen LogP contribution in [0, 0.1) is 11.7 Å². The van der Waals surface area contributed by atoms with Crippen molar-refractivity contribution in [1.29, 1.82) is 0 Å². The lowest BCUT2D eigenvalue weighted by Gasteiger charge is -2.39. The summed E-state index contributed by atoms with van der Waals surface area (Å²) < 4.78 is 35.8. The zero-order chi connectivity index (χ0) is 26.5.